The molecule has 2 aromatic heterocycles. The highest BCUT2D eigenvalue weighted by Gasteiger charge is 2.05. The van der Waals surface area contributed by atoms with Gasteiger partial charge in [0.2, 0.25) is 0 Å². The molecule has 80 valence electrons. The van der Waals surface area contributed by atoms with Crippen molar-refractivity contribution in [3.63, 3.8) is 0 Å². The molecular weight excluding hydrogens is 184 g/mol. The Bertz CT molecular complexity index is 455. The van der Waals surface area contributed by atoms with E-state index in [2.05, 4.69) is 61.0 Å². The molecule has 2 heteroatoms. The Labute approximate surface area is 90.9 Å². The number of hydrogen-bond acceptors (Lipinski definition) is 1. The van der Waals surface area contributed by atoms with E-state index in [4.69, 9.17) is 0 Å². The Balaban J connectivity index is 2.36. The molecule has 0 unspecified atom stereocenters. The molecule has 0 spiro atoms. The third-order valence-corrected chi connectivity index (χ3v) is 2.68. The number of pyridine rings is 1. The lowest BCUT2D eigenvalue weighted by molar-refractivity contribution is 0.578. The van der Waals surface area contributed by atoms with Gasteiger partial charge >= 0.3 is 0 Å². The van der Waals surface area contributed by atoms with Crippen LogP contribution in [0.3, 0.4) is 0 Å². The van der Waals surface area contributed by atoms with Crippen molar-refractivity contribution in [2.75, 3.05) is 0 Å². The van der Waals surface area contributed by atoms with Crippen molar-refractivity contribution >= 4 is 5.52 Å². The Hall–Kier alpha value is -1.28. The van der Waals surface area contributed by atoms with Gasteiger partial charge in [0.1, 0.15) is 0 Å². The molecule has 2 aromatic rings. The average Bonchev–Trinajstić information content (AvgIpc) is 2.50. The minimum Gasteiger partial charge on any atom is -0.319 e. The first kappa shape index (κ1) is 10.2. The third-order valence-electron chi connectivity index (χ3n) is 2.68. The Morgan fingerprint density at radius 1 is 1.33 bits per heavy atom. The fourth-order valence-electron chi connectivity index (χ4n) is 1.84. The summed E-state index contributed by atoms with van der Waals surface area (Å²) in [7, 11) is 0. The first-order valence-corrected chi connectivity index (χ1v) is 5.47. The van der Waals surface area contributed by atoms with Crippen molar-refractivity contribution in [2.45, 2.75) is 33.4 Å². The minimum absolute atomic E-state index is 0.527. The molecule has 0 amide bonds. The number of nitrogens with one attached hydrogen (secondary N) is 1. The van der Waals surface area contributed by atoms with E-state index in [0.29, 0.717) is 6.04 Å². The summed E-state index contributed by atoms with van der Waals surface area (Å²) in [6, 6.07) is 9.06. The predicted molar refractivity (Wildman–Crippen MR) is 64.1 cm³/mol. The van der Waals surface area contributed by atoms with Crippen LogP contribution < -0.4 is 5.32 Å². The first-order chi connectivity index (χ1) is 7.18. The van der Waals surface area contributed by atoms with E-state index >= 15 is 0 Å². The van der Waals surface area contributed by atoms with Gasteiger partial charge in [-0.2, -0.15) is 0 Å². The summed E-state index contributed by atoms with van der Waals surface area (Å²) in [4.78, 5) is 0. The van der Waals surface area contributed by atoms with Crippen LogP contribution in [0.5, 0.6) is 0 Å². The molecule has 15 heavy (non-hydrogen) atoms. The second-order valence-electron chi connectivity index (χ2n) is 4.31. The average molecular weight is 202 g/mol. The number of aryl methyl sites for hydroxylation is 1. The van der Waals surface area contributed by atoms with Crippen LogP contribution in [0, 0.1) is 6.92 Å². The molecule has 0 bridgehead atoms. The van der Waals surface area contributed by atoms with Crippen molar-refractivity contribution in [3.05, 3.63) is 41.7 Å². The van der Waals surface area contributed by atoms with Crippen LogP contribution in [-0.2, 0) is 6.54 Å². The predicted octanol–water partition coefficient (Wildman–Crippen LogP) is 2.75. The zero-order chi connectivity index (χ0) is 10.8. The molecule has 2 rings (SSSR count). The zero-order valence-corrected chi connectivity index (χ0v) is 9.62. The van der Waals surface area contributed by atoms with Crippen molar-refractivity contribution in [1.29, 1.82) is 0 Å². The van der Waals surface area contributed by atoms with Crippen molar-refractivity contribution < 1.29 is 0 Å². The van der Waals surface area contributed by atoms with Crippen LogP contribution >= 0.6 is 0 Å². The maximum absolute atomic E-state index is 3.46. The smallest absolute Gasteiger partial charge is 0.0456 e. The second-order valence-corrected chi connectivity index (χ2v) is 4.31. The third kappa shape index (κ3) is 2.05. The van der Waals surface area contributed by atoms with Gasteiger partial charge in [0.05, 0.1) is 0 Å². The summed E-state index contributed by atoms with van der Waals surface area (Å²) in [5, 5.41) is 3.46. The molecule has 0 atom stereocenters. The molecule has 0 aliphatic heterocycles. The monoisotopic (exact) mass is 202 g/mol. The lowest BCUT2D eigenvalue weighted by Crippen LogP contribution is -2.23. The summed E-state index contributed by atoms with van der Waals surface area (Å²) >= 11 is 0. The van der Waals surface area contributed by atoms with Gasteiger partial charge in [-0.1, -0.05) is 19.9 Å². The van der Waals surface area contributed by atoms with E-state index in [1.165, 1.54) is 16.8 Å². The Kier molecular flexibility index (Phi) is 2.78. The van der Waals surface area contributed by atoms with E-state index in [1.807, 2.05) is 0 Å². The van der Waals surface area contributed by atoms with Gasteiger partial charge in [-0.05, 0) is 30.7 Å². The van der Waals surface area contributed by atoms with E-state index in [1.54, 1.807) is 0 Å². The lowest BCUT2D eigenvalue weighted by atomic mass is 10.2. The van der Waals surface area contributed by atoms with Gasteiger partial charge in [0.15, 0.2) is 0 Å². The maximum Gasteiger partial charge on any atom is 0.0456 e. The van der Waals surface area contributed by atoms with Crippen molar-refractivity contribution in [2.24, 2.45) is 0 Å². The molecule has 0 saturated heterocycles. The van der Waals surface area contributed by atoms with Crippen LogP contribution in [0.1, 0.15) is 25.1 Å². The summed E-state index contributed by atoms with van der Waals surface area (Å²) in [6.45, 7) is 7.45. The molecule has 0 aliphatic rings. The van der Waals surface area contributed by atoms with Gasteiger partial charge in [-0.25, -0.2) is 0 Å². The topological polar surface area (TPSA) is 16.4 Å². The van der Waals surface area contributed by atoms with Crippen LogP contribution in [0.15, 0.2) is 30.5 Å². The molecule has 2 nitrogen and oxygen atoms in total. The van der Waals surface area contributed by atoms with Gasteiger partial charge in [-0.3, -0.25) is 0 Å². The normalized spacial score (nSPS) is 11.5. The van der Waals surface area contributed by atoms with E-state index in [-0.39, 0.29) is 0 Å². The van der Waals surface area contributed by atoms with Gasteiger partial charge < -0.3 is 9.72 Å². The molecule has 0 aliphatic carbocycles. The number of fused-ring (bicyclic) bond motifs is 1. The van der Waals surface area contributed by atoms with Crippen molar-refractivity contribution in [1.82, 2.24) is 9.72 Å². The molecule has 0 aromatic carbocycles. The quantitative estimate of drug-likeness (QED) is 0.809. The number of aromatic nitrogens is 1. The fraction of sp³-hybridized carbons (Fsp3) is 0.385. The fourth-order valence-corrected chi connectivity index (χ4v) is 1.84. The summed E-state index contributed by atoms with van der Waals surface area (Å²) in [5.41, 5.74) is 3.99. The largest absolute Gasteiger partial charge is 0.319 e. The van der Waals surface area contributed by atoms with E-state index < -0.39 is 0 Å². The molecular formula is C13H18N2. The highest BCUT2D eigenvalue weighted by Crippen LogP contribution is 2.15. The summed E-state index contributed by atoms with van der Waals surface area (Å²) in [5.74, 6) is 0. The highest BCUT2D eigenvalue weighted by molar-refractivity contribution is 5.53. The van der Waals surface area contributed by atoms with Gasteiger partial charge in [0, 0.05) is 30.0 Å². The van der Waals surface area contributed by atoms with Crippen molar-refractivity contribution in [3.8, 4) is 0 Å². The minimum atomic E-state index is 0.527. The first-order valence-electron chi connectivity index (χ1n) is 5.47. The Morgan fingerprint density at radius 3 is 2.87 bits per heavy atom. The van der Waals surface area contributed by atoms with Crippen LogP contribution in [0.25, 0.3) is 5.52 Å². The molecule has 1 N–H and O–H groups in total. The van der Waals surface area contributed by atoms with E-state index in [0.717, 1.165) is 6.54 Å². The molecule has 0 saturated carbocycles. The van der Waals surface area contributed by atoms with Gasteiger partial charge in [-0.15, -0.1) is 0 Å². The second kappa shape index (κ2) is 4.07. The lowest BCUT2D eigenvalue weighted by Gasteiger charge is -2.09. The molecule has 0 fully saturated rings. The van der Waals surface area contributed by atoms with Gasteiger partial charge in [0.25, 0.3) is 0 Å². The standard InChI is InChI=1S/C13H18N2/c1-10(2)14-9-13-11(3)8-12-6-4-5-7-15(12)13/h4-8,10,14H,9H2,1-3H3. The molecule has 0 radical (unpaired) electrons. The maximum atomic E-state index is 3.46. The van der Waals surface area contributed by atoms with E-state index in [9.17, 15) is 0 Å². The Morgan fingerprint density at radius 2 is 2.13 bits per heavy atom. The van der Waals surface area contributed by atoms with Crippen LogP contribution in [0.4, 0.5) is 0 Å². The van der Waals surface area contributed by atoms with Crippen LogP contribution in [-0.4, -0.2) is 10.4 Å². The number of nitrogens with zero attached hydrogens (tertiary/aromatic N) is 1. The summed E-state index contributed by atoms with van der Waals surface area (Å²) in [6.07, 6.45) is 2.12. The zero-order valence-electron chi connectivity index (χ0n) is 9.62. The molecule has 2 heterocycles. The number of rotatable bonds is 3. The summed E-state index contributed by atoms with van der Waals surface area (Å²) < 4.78 is 2.25. The SMILES string of the molecule is Cc1cc2ccccn2c1CNC(C)C. The highest BCUT2D eigenvalue weighted by atomic mass is 15.0. The van der Waals surface area contributed by atoms with Crippen LogP contribution in [0.2, 0.25) is 0 Å². The number of hydrogen-bond donors (Lipinski definition) is 1.